The Bertz CT molecular complexity index is 686. The summed E-state index contributed by atoms with van der Waals surface area (Å²) < 4.78 is 24.9. The van der Waals surface area contributed by atoms with Crippen molar-refractivity contribution in [3.63, 3.8) is 0 Å². The van der Waals surface area contributed by atoms with Gasteiger partial charge < -0.3 is 14.5 Å². The number of hydrogen-bond donors (Lipinski definition) is 1. The Kier molecular flexibility index (Phi) is 4.63. The molecule has 1 fully saturated rings. The van der Waals surface area contributed by atoms with E-state index in [2.05, 4.69) is 22.1 Å². The molecule has 1 N–H and O–H groups in total. The van der Waals surface area contributed by atoms with Gasteiger partial charge in [-0.25, -0.2) is 9.37 Å². The van der Waals surface area contributed by atoms with Crippen molar-refractivity contribution in [2.45, 2.75) is 26.4 Å². The topological polar surface area (TPSA) is 50.5 Å². The summed E-state index contributed by atoms with van der Waals surface area (Å²) in [7, 11) is 1.55. The van der Waals surface area contributed by atoms with Gasteiger partial charge >= 0.3 is 0 Å². The van der Waals surface area contributed by atoms with Gasteiger partial charge in [-0.1, -0.05) is 0 Å². The van der Waals surface area contributed by atoms with Gasteiger partial charge in [0.1, 0.15) is 17.3 Å². The Balaban J connectivity index is 1.86. The molecule has 1 saturated heterocycles. The van der Waals surface area contributed by atoms with Crippen LogP contribution < -0.4 is 10.1 Å². The SMILES string of the molecule is COc1ccc(F)c(-c2nc(CN3CCNC[C@@H]3C)c(C)o2)c1. The number of benzene rings is 1. The highest BCUT2D eigenvalue weighted by Crippen LogP contribution is 2.28. The molecule has 1 aromatic heterocycles. The van der Waals surface area contributed by atoms with Gasteiger partial charge in [-0.3, -0.25) is 4.90 Å². The lowest BCUT2D eigenvalue weighted by Crippen LogP contribution is -2.49. The summed E-state index contributed by atoms with van der Waals surface area (Å²) in [5.74, 6) is 1.24. The molecule has 1 aliphatic heterocycles. The van der Waals surface area contributed by atoms with Crippen molar-refractivity contribution in [3.8, 4) is 17.2 Å². The fourth-order valence-electron chi connectivity index (χ4n) is 2.80. The fraction of sp³-hybridized carbons (Fsp3) is 0.471. The quantitative estimate of drug-likeness (QED) is 0.939. The van der Waals surface area contributed by atoms with E-state index in [-0.39, 0.29) is 5.82 Å². The van der Waals surface area contributed by atoms with E-state index in [1.807, 2.05) is 6.92 Å². The molecule has 0 amide bonds. The Labute approximate surface area is 135 Å². The van der Waals surface area contributed by atoms with E-state index in [1.165, 1.54) is 6.07 Å². The van der Waals surface area contributed by atoms with Crippen LogP contribution in [0.1, 0.15) is 18.4 Å². The molecule has 2 aromatic rings. The molecule has 3 rings (SSSR count). The number of ether oxygens (including phenoxy) is 1. The predicted octanol–water partition coefficient (Wildman–Crippen LogP) is 2.59. The standard InChI is InChI=1S/C17H22FN3O2/c1-11-9-19-6-7-21(11)10-16-12(2)23-17(20-16)14-8-13(22-3)4-5-15(14)18/h4-5,8,11,19H,6-7,9-10H2,1-3H3/t11-/m0/s1. The smallest absolute Gasteiger partial charge is 0.229 e. The first kappa shape index (κ1) is 16.0. The van der Waals surface area contributed by atoms with E-state index in [1.54, 1.807) is 19.2 Å². The Hall–Kier alpha value is -1.92. The lowest BCUT2D eigenvalue weighted by molar-refractivity contribution is 0.163. The summed E-state index contributed by atoms with van der Waals surface area (Å²) in [5.41, 5.74) is 1.18. The second-order valence-corrected chi connectivity index (χ2v) is 5.89. The summed E-state index contributed by atoms with van der Waals surface area (Å²) >= 11 is 0. The molecule has 0 aliphatic carbocycles. The molecule has 0 unspecified atom stereocenters. The zero-order valence-corrected chi connectivity index (χ0v) is 13.7. The van der Waals surface area contributed by atoms with Crippen LogP contribution in [0.4, 0.5) is 4.39 Å². The molecule has 1 aromatic carbocycles. The normalized spacial score (nSPS) is 19.0. The van der Waals surface area contributed by atoms with Crippen LogP contribution in [0.15, 0.2) is 22.6 Å². The Morgan fingerprint density at radius 3 is 3.04 bits per heavy atom. The van der Waals surface area contributed by atoms with Crippen LogP contribution in [0.3, 0.4) is 0 Å². The first-order valence-electron chi connectivity index (χ1n) is 7.83. The highest BCUT2D eigenvalue weighted by Gasteiger charge is 2.22. The van der Waals surface area contributed by atoms with Crippen molar-refractivity contribution < 1.29 is 13.5 Å². The van der Waals surface area contributed by atoms with Gasteiger partial charge in [-0.05, 0) is 32.0 Å². The third-order valence-corrected chi connectivity index (χ3v) is 4.29. The first-order chi connectivity index (χ1) is 11.1. The van der Waals surface area contributed by atoms with E-state index in [0.717, 1.165) is 31.1 Å². The van der Waals surface area contributed by atoms with Gasteiger partial charge in [0.2, 0.25) is 5.89 Å². The molecule has 5 nitrogen and oxygen atoms in total. The lowest BCUT2D eigenvalue weighted by Gasteiger charge is -2.33. The second kappa shape index (κ2) is 6.68. The summed E-state index contributed by atoms with van der Waals surface area (Å²) in [6, 6.07) is 5.00. The summed E-state index contributed by atoms with van der Waals surface area (Å²) in [4.78, 5) is 6.87. The number of oxazole rings is 1. The van der Waals surface area contributed by atoms with Crippen LogP contribution in [0, 0.1) is 12.7 Å². The van der Waals surface area contributed by atoms with E-state index < -0.39 is 0 Å². The highest BCUT2D eigenvalue weighted by molar-refractivity contribution is 5.57. The van der Waals surface area contributed by atoms with Gasteiger partial charge in [-0.2, -0.15) is 0 Å². The van der Waals surface area contributed by atoms with Crippen LogP contribution in [-0.2, 0) is 6.54 Å². The maximum Gasteiger partial charge on any atom is 0.229 e. The molecule has 2 heterocycles. The minimum absolute atomic E-state index is 0.302. The summed E-state index contributed by atoms with van der Waals surface area (Å²) in [6.45, 7) is 7.67. The van der Waals surface area contributed by atoms with Gasteiger partial charge in [0.15, 0.2) is 0 Å². The van der Waals surface area contributed by atoms with Crippen molar-refractivity contribution in [3.05, 3.63) is 35.5 Å². The number of hydrogen-bond acceptors (Lipinski definition) is 5. The molecule has 0 saturated carbocycles. The molecule has 0 bridgehead atoms. The summed E-state index contributed by atoms with van der Waals surface area (Å²) in [6.07, 6.45) is 0. The third kappa shape index (κ3) is 3.38. The van der Waals surface area contributed by atoms with Crippen LogP contribution >= 0.6 is 0 Å². The predicted molar refractivity (Wildman–Crippen MR) is 85.9 cm³/mol. The Morgan fingerprint density at radius 1 is 1.48 bits per heavy atom. The lowest BCUT2D eigenvalue weighted by atomic mass is 10.2. The van der Waals surface area contributed by atoms with Crippen LogP contribution in [0.2, 0.25) is 0 Å². The molecule has 0 spiro atoms. The van der Waals surface area contributed by atoms with Gasteiger partial charge in [0.05, 0.1) is 18.4 Å². The maximum absolute atomic E-state index is 14.1. The van der Waals surface area contributed by atoms with Crippen molar-refractivity contribution in [2.75, 3.05) is 26.7 Å². The molecule has 0 radical (unpaired) electrons. The second-order valence-electron chi connectivity index (χ2n) is 5.89. The number of aryl methyl sites for hydroxylation is 1. The van der Waals surface area contributed by atoms with Crippen LogP contribution in [-0.4, -0.2) is 42.7 Å². The average molecular weight is 319 g/mol. The number of piperazine rings is 1. The van der Waals surface area contributed by atoms with Crippen molar-refractivity contribution in [1.29, 1.82) is 0 Å². The summed E-state index contributed by atoms with van der Waals surface area (Å²) in [5, 5.41) is 3.37. The van der Waals surface area contributed by atoms with Crippen LogP contribution in [0.5, 0.6) is 5.75 Å². The Morgan fingerprint density at radius 2 is 2.30 bits per heavy atom. The van der Waals surface area contributed by atoms with Crippen molar-refractivity contribution >= 4 is 0 Å². The number of methoxy groups -OCH3 is 1. The fourth-order valence-corrected chi connectivity index (χ4v) is 2.80. The molecule has 6 heteroatoms. The molecule has 23 heavy (non-hydrogen) atoms. The highest BCUT2D eigenvalue weighted by atomic mass is 19.1. The zero-order valence-electron chi connectivity index (χ0n) is 13.7. The minimum atomic E-state index is -0.367. The maximum atomic E-state index is 14.1. The molecule has 1 aliphatic rings. The molecule has 1 atom stereocenters. The zero-order chi connectivity index (χ0) is 16.4. The number of nitrogens with zero attached hydrogens (tertiary/aromatic N) is 2. The monoisotopic (exact) mass is 319 g/mol. The van der Waals surface area contributed by atoms with E-state index in [9.17, 15) is 4.39 Å². The number of rotatable bonds is 4. The number of nitrogens with one attached hydrogen (secondary N) is 1. The van der Waals surface area contributed by atoms with E-state index >= 15 is 0 Å². The minimum Gasteiger partial charge on any atom is -0.497 e. The van der Waals surface area contributed by atoms with Crippen LogP contribution in [0.25, 0.3) is 11.5 Å². The third-order valence-electron chi connectivity index (χ3n) is 4.29. The molecular formula is C17H22FN3O2. The first-order valence-corrected chi connectivity index (χ1v) is 7.83. The largest absolute Gasteiger partial charge is 0.497 e. The molecule has 124 valence electrons. The van der Waals surface area contributed by atoms with E-state index in [0.29, 0.717) is 29.8 Å². The van der Waals surface area contributed by atoms with Gasteiger partial charge in [-0.15, -0.1) is 0 Å². The van der Waals surface area contributed by atoms with Crippen molar-refractivity contribution in [1.82, 2.24) is 15.2 Å². The number of halogens is 1. The van der Waals surface area contributed by atoms with Gasteiger partial charge in [0, 0.05) is 32.2 Å². The average Bonchev–Trinajstić information content (AvgIpc) is 2.91. The molecular weight excluding hydrogens is 297 g/mol. The number of aromatic nitrogens is 1. The van der Waals surface area contributed by atoms with Gasteiger partial charge in [0.25, 0.3) is 0 Å². The van der Waals surface area contributed by atoms with E-state index in [4.69, 9.17) is 9.15 Å². The van der Waals surface area contributed by atoms with Crippen molar-refractivity contribution in [2.24, 2.45) is 0 Å².